The third kappa shape index (κ3) is 6.31. The van der Waals surface area contributed by atoms with E-state index in [9.17, 15) is 33.2 Å². The molecule has 2 N–H and O–H groups in total. The van der Waals surface area contributed by atoms with E-state index in [2.05, 4.69) is 5.32 Å². The van der Waals surface area contributed by atoms with Crippen molar-refractivity contribution in [1.29, 1.82) is 0 Å². The number of rotatable bonds is 5. The molecule has 6 nitrogen and oxygen atoms in total. The van der Waals surface area contributed by atoms with Crippen LogP contribution in [0.2, 0.25) is 15.1 Å². The molecule has 0 saturated heterocycles. The summed E-state index contributed by atoms with van der Waals surface area (Å²) in [4.78, 5) is 24.4. The fraction of sp³-hybridized carbons (Fsp3) is 0.240. The number of non-ortho nitro benzene ring substituents is 1. The molecule has 0 fully saturated rings. The topological polar surface area (TPSA) is 92.5 Å². The summed E-state index contributed by atoms with van der Waals surface area (Å²) in [7, 11) is 0. The van der Waals surface area contributed by atoms with Crippen molar-refractivity contribution in [3.8, 4) is 5.75 Å². The number of hydrogen-bond acceptors (Lipinski definition) is 5. The number of carbonyl (C=O) groups excluding carboxylic acids is 1. The number of nitro groups is 1. The van der Waals surface area contributed by atoms with E-state index in [1.807, 2.05) is 0 Å². The highest BCUT2D eigenvalue weighted by Gasteiger charge is 2.36. The number of nitro benzene ring substituents is 1. The Hall–Kier alpha value is -2.66. The standard InChI is InChI=1S/C25H20Cl3F3N2O4S/c1-11-19(38-20-10-16(27)15(26)9-17(20)28)8-14(24(2,3)4)22(34)21(11)23(35)32-18-6-5-12(33(36)37)7-13(18)25(29,30)31/h5-10,34H,1-4H3,(H,32,35). The van der Waals surface area contributed by atoms with Crippen LogP contribution in [0.1, 0.15) is 47.8 Å². The molecule has 3 aromatic carbocycles. The zero-order valence-electron chi connectivity index (χ0n) is 20.3. The predicted octanol–water partition coefficient (Wildman–Crippen LogP) is 9.29. The van der Waals surface area contributed by atoms with Crippen molar-refractivity contribution in [3.05, 3.63) is 83.8 Å². The number of nitrogens with zero attached hydrogens (tertiary/aromatic N) is 1. The zero-order valence-corrected chi connectivity index (χ0v) is 23.3. The zero-order chi connectivity index (χ0) is 28.7. The molecule has 3 rings (SSSR count). The Morgan fingerprint density at radius 3 is 2.13 bits per heavy atom. The van der Waals surface area contributed by atoms with Crippen LogP contribution in [0.25, 0.3) is 0 Å². The quantitative estimate of drug-likeness (QED) is 0.171. The van der Waals surface area contributed by atoms with Crippen molar-refractivity contribution >= 4 is 63.8 Å². The smallest absolute Gasteiger partial charge is 0.418 e. The van der Waals surface area contributed by atoms with Crippen molar-refractivity contribution in [1.82, 2.24) is 0 Å². The maximum atomic E-state index is 13.7. The van der Waals surface area contributed by atoms with E-state index in [0.29, 0.717) is 21.4 Å². The van der Waals surface area contributed by atoms with Crippen LogP contribution in [-0.2, 0) is 11.6 Å². The van der Waals surface area contributed by atoms with Crippen LogP contribution in [-0.4, -0.2) is 15.9 Å². The van der Waals surface area contributed by atoms with Gasteiger partial charge in [0, 0.05) is 27.5 Å². The molecule has 0 aliphatic rings. The molecule has 0 saturated carbocycles. The van der Waals surface area contributed by atoms with E-state index in [1.54, 1.807) is 26.8 Å². The molecule has 0 aromatic heterocycles. The van der Waals surface area contributed by atoms with E-state index < -0.39 is 45.1 Å². The van der Waals surface area contributed by atoms with E-state index >= 15 is 0 Å². The molecule has 0 radical (unpaired) electrons. The maximum Gasteiger partial charge on any atom is 0.418 e. The molecular weight excluding hydrogens is 588 g/mol. The summed E-state index contributed by atoms with van der Waals surface area (Å²) >= 11 is 19.6. The largest absolute Gasteiger partial charge is 0.507 e. The second-order valence-electron chi connectivity index (χ2n) is 9.26. The number of anilines is 1. The average Bonchev–Trinajstić information content (AvgIpc) is 2.77. The van der Waals surface area contributed by atoms with Crippen LogP contribution >= 0.6 is 46.6 Å². The number of phenolic OH excluding ortho intramolecular Hbond substituents is 1. The van der Waals surface area contributed by atoms with Crippen LogP contribution in [0.15, 0.2) is 46.2 Å². The van der Waals surface area contributed by atoms with Crippen LogP contribution in [0.4, 0.5) is 24.5 Å². The minimum Gasteiger partial charge on any atom is -0.507 e. The van der Waals surface area contributed by atoms with E-state index in [1.165, 1.54) is 19.1 Å². The second-order valence-corrected chi connectivity index (χ2v) is 11.6. The summed E-state index contributed by atoms with van der Waals surface area (Å²) in [6, 6.07) is 6.63. The number of benzene rings is 3. The Morgan fingerprint density at radius 1 is 0.974 bits per heavy atom. The van der Waals surface area contributed by atoms with Gasteiger partial charge in [-0.3, -0.25) is 14.9 Å². The van der Waals surface area contributed by atoms with Crippen LogP contribution in [0.5, 0.6) is 5.75 Å². The Labute approximate surface area is 235 Å². The summed E-state index contributed by atoms with van der Waals surface area (Å²) in [5.74, 6) is -1.44. The number of phenols is 1. The minimum atomic E-state index is -5.00. The molecule has 38 heavy (non-hydrogen) atoms. The lowest BCUT2D eigenvalue weighted by atomic mass is 9.84. The lowest BCUT2D eigenvalue weighted by Crippen LogP contribution is -2.20. The van der Waals surface area contributed by atoms with Gasteiger partial charge in [-0.05, 0) is 42.2 Å². The molecule has 3 aromatic rings. The first-order valence-corrected chi connectivity index (χ1v) is 12.7. The highest BCUT2D eigenvalue weighted by atomic mass is 35.5. The first-order valence-electron chi connectivity index (χ1n) is 10.8. The van der Waals surface area contributed by atoms with Gasteiger partial charge in [-0.2, -0.15) is 13.2 Å². The third-order valence-corrected chi connectivity index (χ3v) is 7.86. The van der Waals surface area contributed by atoms with Crippen molar-refractivity contribution in [2.75, 3.05) is 5.32 Å². The van der Waals surface area contributed by atoms with E-state index in [4.69, 9.17) is 34.8 Å². The van der Waals surface area contributed by atoms with Crippen molar-refractivity contribution in [2.45, 2.75) is 49.1 Å². The van der Waals surface area contributed by atoms with Crippen molar-refractivity contribution in [3.63, 3.8) is 0 Å². The van der Waals surface area contributed by atoms with Gasteiger partial charge in [-0.25, -0.2) is 0 Å². The van der Waals surface area contributed by atoms with Gasteiger partial charge in [0.15, 0.2) is 0 Å². The van der Waals surface area contributed by atoms with Gasteiger partial charge in [-0.15, -0.1) is 0 Å². The number of aromatic hydroxyl groups is 1. The van der Waals surface area contributed by atoms with Crippen molar-refractivity contribution < 1.29 is 28.0 Å². The minimum absolute atomic E-state index is 0.238. The predicted molar refractivity (Wildman–Crippen MR) is 143 cm³/mol. The number of nitrogens with one attached hydrogen (secondary N) is 1. The second kappa shape index (κ2) is 10.8. The van der Waals surface area contributed by atoms with Crippen molar-refractivity contribution in [2.24, 2.45) is 0 Å². The number of hydrogen-bond donors (Lipinski definition) is 2. The lowest BCUT2D eigenvalue weighted by Gasteiger charge is -2.25. The Balaban J connectivity index is 2.17. The number of carbonyl (C=O) groups is 1. The van der Waals surface area contributed by atoms with Gasteiger partial charge in [0.25, 0.3) is 11.6 Å². The van der Waals surface area contributed by atoms with Crippen LogP contribution in [0, 0.1) is 17.0 Å². The van der Waals surface area contributed by atoms with E-state index in [-0.39, 0.29) is 26.2 Å². The van der Waals surface area contributed by atoms with Crippen LogP contribution < -0.4 is 5.32 Å². The SMILES string of the molecule is Cc1c(Sc2cc(Cl)c(Cl)cc2Cl)cc(C(C)(C)C)c(O)c1C(=O)Nc1ccc([N+](=O)[O-])cc1C(F)(F)F. The Bertz CT molecular complexity index is 1460. The molecule has 0 heterocycles. The highest BCUT2D eigenvalue weighted by Crippen LogP contribution is 2.45. The molecule has 0 bridgehead atoms. The molecular formula is C25H20Cl3F3N2O4S. The van der Waals surface area contributed by atoms with Gasteiger partial charge >= 0.3 is 6.18 Å². The number of halogens is 6. The fourth-order valence-electron chi connectivity index (χ4n) is 3.57. The third-order valence-electron chi connectivity index (χ3n) is 5.51. The van der Waals surface area contributed by atoms with Gasteiger partial charge in [0.1, 0.15) is 5.75 Å². The normalized spacial score (nSPS) is 11.9. The van der Waals surface area contributed by atoms with Gasteiger partial charge < -0.3 is 10.4 Å². The van der Waals surface area contributed by atoms with E-state index in [0.717, 1.165) is 23.9 Å². The summed E-state index contributed by atoms with van der Waals surface area (Å²) in [6.45, 7) is 6.89. The summed E-state index contributed by atoms with van der Waals surface area (Å²) < 4.78 is 41.0. The summed E-state index contributed by atoms with van der Waals surface area (Å²) in [5.41, 5.74) is -3.21. The molecule has 1 amide bonds. The lowest BCUT2D eigenvalue weighted by molar-refractivity contribution is -0.385. The monoisotopic (exact) mass is 606 g/mol. The molecule has 0 unspecified atom stereocenters. The molecule has 202 valence electrons. The molecule has 0 atom stereocenters. The Kier molecular flexibility index (Phi) is 8.53. The van der Waals surface area contributed by atoms with Gasteiger partial charge in [0.2, 0.25) is 0 Å². The molecule has 0 aliphatic carbocycles. The molecule has 0 spiro atoms. The number of amides is 1. The molecule has 13 heteroatoms. The van der Waals surface area contributed by atoms with Gasteiger partial charge in [0.05, 0.1) is 36.8 Å². The van der Waals surface area contributed by atoms with Crippen LogP contribution in [0.3, 0.4) is 0 Å². The maximum absolute atomic E-state index is 13.7. The average molecular weight is 608 g/mol. The first kappa shape index (κ1) is 29.9. The van der Waals surface area contributed by atoms with Gasteiger partial charge in [-0.1, -0.05) is 67.3 Å². The molecule has 0 aliphatic heterocycles. The fourth-order valence-corrected chi connectivity index (χ4v) is 5.30. The number of alkyl halides is 3. The summed E-state index contributed by atoms with van der Waals surface area (Å²) in [5, 5.41) is 25.0. The Morgan fingerprint density at radius 2 is 1.58 bits per heavy atom. The summed E-state index contributed by atoms with van der Waals surface area (Å²) in [6.07, 6.45) is -5.00. The first-order chi connectivity index (χ1) is 17.4. The highest BCUT2D eigenvalue weighted by molar-refractivity contribution is 7.99.